The van der Waals surface area contributed by atoms with Crippen LogP contribution in [0.3, 0.4) is 0 Å². The third-order valence-electron chi connectivity index (χ3n) is 5.50. The lowest BCUT2D eigenvalue weighted by Crippen LogP contribution is -2.52. The zero-order valence-corrected chi connectivity index (χ0v) is 16.6. The van der Waals surface area contributed by atoms with E-state index < -0.39 is 12.1 Å². The highest BCUT2D eigenvalue weighted by Crippen LogP contribution is 2.24. The predicted octanol–water partition coefficient (Wildman–Crippen LogP) is 1.72. The van der Waals surface area contributed by atoms with Crippen molar-refractivity contribution in [2.24, 2.45) is 0 Å². The number of piperidine rings is 1. The van der Waals surface area contributed by atoms with Crippen molar-refractivity contribution in [3.63, 3.8) is 0 Å². The van der Waals surface area contributed by atoms with Crippen LogP contribution in [0.5, 0.6) is 0 Å². The molecule has 0 bridgehead atoms. The summed E-state index contributed by atoms with van der Waals surface area (Å²) in [7, 11) is 0. The summed E-state index contributed by atoms with van der Waals surface area (Å²) in [4.78, 5) is 26.7. The van der Waals surface area contributed by atoms with E-state index in [0.29, 0.717) is 36.4 Å². The number of nitrogens with zero attached hydrogens (tertiary/aromatic N) is 2. The summed E-state index contributed by atoms with van der Waals surface area (Å²) in [6.45, 7) is 4.89. The molecule has 0 unspecified atom stereocenters. The van der Waals surface area contributed by atoms with Crippen LogP contribution in [0.15, 0.2) is 4.52 Å². The number of amides is 3. The van der Waals surface area contributed by atoms with Gasteiger partial charge < -0.3 is 29.9 Å². The lowest BCUT2D eigenvalue weighted by atomic mass is 9.96. The van der Waals surface area contributed by atoms with Gasteiger partial charge >= 0.3 is 6.03 Å². The lowest BCUT2D eigenvalue weighted by Gasteiger charge is -2.37. The number of ether oxygens (including phenoxy) is 1. The third kappa shape index (κ3) is 5.02. The Labute approximate surface area is 164 Å². The Morgan fingerprint density at radius 2 is 1.96 bits per heavy atom. The molecule has 3 amide bonds. The summed E-state index contributed by atoms with van der Waals surface area (Å²) in [5.74, 6) is 0.645. The summed E-state index contributed by atoms with van der Waals surface area (Å²) in [6.07, 6.45) is 4.16. The largest absolute Gasteiger partial charge is 0.394 e. The van der Waals surface area contributed by atoms with Gasteiger partial charge in [0, 0.05) is 13.1 Å². The molecule has 2 aliphatic rings. The molecule has 0 aliphatic carbocycles. The van der Waals surface area contributed by atoms with Crippen LogP contribution in [0.1, 0.15) is 50.0 Å². The molecule has 2 saturated heterocycles. The molecular weight excluding hydrogens is 364 g/mol. The first-order chi connectivity index (χ1) is 13.5. The van der Waals surface area contributed by atoms with Crippen molar-refractivity contribution in [2.75, 3.05) is 25.0 Å². The quantitative estimate of drug-likeness (QED) is 0.700. The van der Waals surface area contributed by atoms with Crippen LogP contribution in [0.2, 0.25) is 0 Å². The number of urea groups is 1. The minimum atomic E-state index is -0.539. The summed E-state index contributed by atoms with van der Waals surface area (Å²) in [5.41, 5.74) is 1.14. The standard InChI is InChI=1S/C19H30N4O5/c1-12-18(13(2)28-22-12)21-19(26)20-15-7-6-14(27-16(15)11-24)10-17(25)23-8-4-3-5-9-23/h14-16,24H,3-11H2,1-2H3,(H2,20,21,26)/t14-,15+,16+/m1/s1. The van der Waals surface area contributed by atoms with Crippen LogP contribution in [0, 0.1) is 13.8 Å². The third-order valence-corrected chi connectivity index (χ3v) is 5.50. The number of hydrogen-bond acceptors (Lipinski definition) is 6. The van der Waals surface area contributed by atoms with Crippen LogP contribution in [0.25, 0.3) is 0 Å². The van der Waals surface area contributed by atoms with Crippen LogP contribution in [0.4, 0.5) is 10.5 Å². The van der Waals surface area contributed by atoms with Gasteiger partial charge in [0.2, 0.25) is 5.91 Å². The van der Waals surface area contributed by atoms with Gasteiger partial charge in [-0.2, -0.15) is 0 Å². The fourth-order valence-corrected chi connectivity index (χ4v) is 3.89. The van der Waals surface area contributed by atoms with E-state index in [1.54, 1.807) is 13.8 Å². The Bertz CT molecular complexity index is 666. The SMILES string of the molecule is Cc1noc(C)c1NC(=O)N[C@H]1CC[C@H](CC(=O)N2CCCCC2)O[C@H]1CO. The van der Waals surface area contributed by atoms with Gasteiger partial charge in [0.15, 0.2) is 5.76 Å². The molecule has 1 aromatic rings. The second-order valence-electron chi connectivity index (χ2n) is 7.61. The van der Waals surface area contributed by atoms with Gasteiger partial charge in [-0.25, -0.2) is 4.79 Å². The number of anilines is 1. The number of aromatic nitrogens is 1. The van der Waals surface area contributed by atoms with E-state index in [1.807, 2.05) is 4.90 Å². The Balaban J connectivity index is 1.50. The number of likely N-dealkylation sites (tertiary alicyclic amines) is 1. The van der Waals surface area contributed by atoms with Gasteiger partial charge in [0.1, 0.15) is 17.5 Å². The zero-order valence-electron chi connectivity index (χ0n) is 16.6. The minimum Gasteiger partial charge on any atom is -0.394 e. The molecule has 2 fully saturated rings. The van der Waals surface area contributed by atoms with Crippen LogP contribution >= 0.6 is 0 Å². The number of carbonyl (C=O) groups excluding carboxylic acids is 2. The molecule has 9 heteroatoms. The van der Waals surface area contributed by atoms with Crippen molar-refractivity contribution in [1.82, 2.24) is 15.4 Å². The molecule has 3 N–H and O–H groups in total. The number of rotatable bonds is 5. The molecule has 9 nitrogen and oxygen atoms in total. The first kappa shape index (κ1) is 20.6. The van der Waals surface area contributed by atoms with Crippen molar-refractivity contribution >= 4 is 17.6 Å². The number of aliphatic hydroxyl groups excluding tert-OH is 1. The van der Waals surface area contributed by atoms with Crippen molar-refractivity contribution in [3.8, 4) is 0 Å². The van der Waals surface area contributed by atoms with Gasteiger partial charge in [-0.1, -0.05) is 5.16 Å². The second kappa shape index (κ2) is 9.38. The molecule has 0 saturated carbocycles. The number of aliphatic hydroxyl groups is 1. The van der Waals surface area contributed by atoms with Gasteiger partial charge in [-0.15, -0.1) is 0 Å². The van der Waals surface area contributed by atoms with Crippen molar-refractivity contribution in [2.45, 2.75) is 70.6 Å². The van der Waals surface area contributed by atoms with Gasteiger partial charge in [0.05, 0.1) is 25.2 Å². The molecule has 28 heavy (non-hydrogen) atoms. The smallest absolute Gasteiger partial charge is 0.319 e. The molecule has 2 aliphatic heterocycles. The molecule has 0 radical (unpaired) electrons. The van der Waals surface area contributed by atoms with Crippen LogP contribution < -0.4 is 10.6 Å². The van der Waals surface area contributed by atoms with E-state index in [0.717, 1.165) is 25.9 Å². The first-order valence-electron chi connectivity index (χ1n) is 10.0. The topological polar surface area (TPSA) is 117 Å². The van der Waals surface area contributed by atoms with E-state index >= 15 is 0 Å². The maximum atomic E-state index is 12.5. The minimum absolute atomic E-state index is 0.115. The molecule has 1 aromatic heterocycles. The summed E-state index contributed by atoms with van der Waals surface area (Å²) >= 11 is 0. The monoisotopic (exact) mass is 394 g/mol. The summed E-state index contributed by atoms with van der Waals surface area (Å²) < 4.78 is 11.0. The fourth-order valence-electron chi connectivity index (χ4n) is 3.89. The first-order valence-corrected chi connectivity index (χ1v) is 10.0. The Hall–Kier alpha value is -2.13. The van der Waals surface area contributed by atoms with Crippen LogP contribution in [-0.2, 0) is 9.53 Å². The predicted molar refractivity (Wildman–Crippen MR) is 102 cm³/mol. The number of hydrogen-bond donors (Lipinski definition) is 3. The zero-order chi connectivity index (χ0) is 20.1. The maximum Gasteiger partial charge on any atom is 0.319 e. The second-order valence-corrected chi connectivity index (χ2v) is 7.61. The van der Waals surface area contributed by atoms with Gasteiger partial charge in [0.25, 0.3) is 0 Å². The number of carbonyl (C=O) groups is 2. The van der Waals surface area contributed by atoms with Crippen molar-refractivity contribution in [1.29, 1.82) is 0 Å². The number of aryl methyl sites for hydroxylation is 2. The lowest BCUT2D eigenvalue weighted by molar-refractivity contribution is -0.141. The van der Waals surface area contributed by atoms with E-state index in [1.165, 1.54) is 6.42 Å². The Kier molecular flexibility index (Phi) is 6.90. The molecule has 0 aromatic carbocycles. The number of nitrogens with one attached hydrogen (secondary N) is 2. The van der Waals surface area contributed by atoms with E-state index in [9.17, 15) is 14.7 Å². The fraction of sp³-hybridized carbons (Fsp3) is 0.737. The van der Waals surface area contributed by atoms with Gasteiger partial charge in [-0.05, 0) is 46.0 Å². The highest BCUT2D eigenvalue weighted by atomic mass is 16.5. The molecule has 0 spiro atoms. The average Bonchev–Trinajstić information content (AvgIpc) is 3.01. The molecular formula is C19H30N4O5. The molecule has 3 heterocycles. The summed E-state index contributed by atoms with van der Waals surface area (Å²) in [5, 5.41) is 19.1. The normalized spacial score (nSPS) is 25.4. The maximum absolute atomic E-state index is 12.5. The van der Waals surface area contributed by atoms with E-state index in [4.69, 9.17) is 9.26 Å². The van der Waals surface area contributed by atoms with E-state index in [2.05, 4.69) is 15.8 Å². The molecule has 3 atom stereocenters. The Morgan fingerprint density at radius 3 is 2.61 bits per heavy atom. The molecule has 3 rings (SSSR count). The van der Waals surface area contributed by atoms with Crippen LogP contribution in [-0.4, -0.2) is 65.0 Å². The van der Waals surface area contributed by atoms with E-state index in [-0.39, 0.29) is 24.7 Å². The Morgan fingerprint density at radius 1 is 1.21 bits per heavy atom. The highest BCUT2D eigenvalue weighted by molar-refractivity contribution is 5.90. The van der Waals surface area contributed by atoms with Crippen molar-refractivity contribution in [3.05, 3.63) is 11.5 Å². The molecule has 156 valence electrons. The average molecular weight is 394 g/mol. The summed E-state index contributed by atoms with van der Waals surface area (Å²) in [6, 6.07) is -0.726. The highest BCUT2D eigenvalue weighted by Gasteiger charge is 2.34. The van der Waals surface area contributed by atoms with Crippen molar-refractivity contribution < 1.29 is 24.0 Å². The van der Waals surface area contributed by atoms with Gasteiger partial charge in [-0.3, -0.25) is 4.79 Å².